The number of aromatic nitrogens is 2. The van der Waals surface area contributed by atoms with Gasteiger partial charge in [-0.15, -0.1) is 11.3 Å². The third-order valence-electron chi connectivity index (χ3n) is 5.91. The zero-order valence-corrected chi connectivity index (χ0v) is 20.6. The molecule has 0 aliphatic carbocycles. The van der Waals surface area contributed by atoms with E-state index in [1.54, 1.807) is 24.5 Å². The standard InChI is InChI=1S/C28H27N3O3S/c1-19-28(32)31(16-8-9-17-33-22-10-4-3-5-11-22)24-18-21(13-14-25(24)34-19)26-20(2)35-27(30-26)23-12-6-7-15-29-23/h3-7,10-15,18-19H,8-9,16-17H2,1-2H3. The molecule has 178 valence electrons. The van der Waals surface area contributed by atoms with Crippen molar-refractivity contribution in [1.82, 2.24) is 9.97 Å². The fourth-order valence-electron chi connectivity index (χ4n) is 4.13. The number of rotatable bonds is 8. The maximum Gasteiger partial charge on any atom is 0.267 e. The minimum Gasteiger partial charge on any atom is -0.494 e. The third-order valence-corrected chi connectivity index (χ3v) is 6.90. The highest BCUT2D eigenvalue weighted by Gasteiger charge is 2.31. The van der Waals surface area contributed by atoms with E-state index >= 15 is 0 Å². The quantitative estimate of drug-likeness (QED) is 0.280. The van der Waals surface area contributed by atoms with Gasteiger partial charge in [0.05, 0.1) is 23.7 Å². The van der Waals surface area contributed by atoms with Crippen LogP contribution in [-0.4, -0.2) is 35.1 Å². The van der Waals surface area contributed by atoms with E-state index in [1.807, 2.05) is 71.6 Å². The van der Waals surface area contributed by atoms with Crippen LogP contribution in [0.2, 0.25) is 0 Å². The number of para-hydroxylation sites is 1. The van der Waals surface area contributed by atoms with Gasteiger partial charge in [0.15, 0.2) is 6.10 Å². The average molecular weight is 486 g/mol. The van der Waals surface area contributed by atoms with Crippen LogP contribution >= 0.6 is 11.3 Å². The predicted octanol–water partition coefficient (Wildman–Crippen LogP) is 6.15. The molecule has 0 saturated carbocycles. The molecule has 0 bridgehead atoms. The summed E-state index contributed by atoms with van der Waals surface area (Å²) in [4.78, 5) is 25.3. The van der Waals surface area contributed by atoms with Gasteiger partial charge in [-0.05, 0) is 69.2 Å². The largest absolute Gasteiger partial charge is 0.494 e. The summed E-state index contributed by atoms with van der Waals surface area (Å²) in [6.07, 6.45) is 2.94. The second-order valence-electron chi connectivity index (χ2n) is 8.44. The Morgan fingerprint density at radius 2 is 1.89 bits per heavy atom. The van der Waals surface area contributed by atoms with Gasteiger partial charge in [0, 0.05) is 23.2 Å². The van der Waals surface area contributed by atoms with E-state index < -0.39 is 6.10 Å². The van der Waals surface area contributed by atoms with Gasteiger partial charge in [0.1, 0.15) is 16.5 Å². The highest BCUT2D eigenvalue weighted by molar-refractivity contribution is 7.15. The van der Waals surface area contributed by atoms with Crippen molar-refractivity contribution in [2.24, 2.45) is 0 Å². The highest BCUT2D eigenvalue weighted by atomic mass is 32.1. The van der Waals surface area contributed by atoms with E-state index in [0.717, 1.165) is 56.9 Å². The topological polar surface area (TPSA) is 64.5 Å². The Morgan fingerprint density at radius 3 is 2.69 bits per heavy atom. The Kier molecular flexibility index (Phi) is 6.77. The second-order valence-corrected chi connectivity index (χ2v) is 9.64. The molecule has 2 aromatic heterocycles. The SMILES string of the molecule is Cc1sc(-c2ccccn2)nc1-c1ccc2c(c1)N(CCCCOc1ccccc1)C(=O)C(C)O2. The van der Waals surface area contributed by atoms with Crippen molar-refractivity contribution in [2.45, 2.75) is 32.8 Å². The normalized spacial score (nSPS) is 15.0. The van der Waals surface area contributed by atoms with Gasteiger partial charge in [0.2, 0.25) is 0 Å². The van der Waals surface area contributed by atoms with Gasteiger partial charge >= 0.3 is 0 Å². The summed E-state index contributed by atoms with van der Waals surface area (Å²) < 4.78 is 11.7. The highest BCUT2D eigenvalue weighted by Crippen LogP contribution is 2.40. The fourth-order valence-corrected chi connectivity index (χ4v) is 5.04. The van der Waals surface area contributed by atoms with Gasteiger partial charge < -0.3 is 14.4 Å². The molecular formula is C28H27N3O3S. The molecule has 5 rings (SSSR count). The van der Waals surface area contributed by atoms with E-state index in [1.165, 1.54) is 0 Å². The maximum absolute atomic E-state index is 13.0. The van der Waals surface area contributed by atoms with Crippen molar-refractivity contribution in [3.8, 4) is 33.5 Å². The van der Waals surface area contributed by atoms with E-state index in [9.17, 15) is 4.79 Å². The molecule has 6 nitrogen and oxygen atoms in total. The summed E-state index contributed by atoms with van der Waals surface area (Å²) >= 11 is 1.62. The van der Waals surface area contributed by atoms with Crippen molar-refractivity contribution >= 4 is 22.9 Å². The number of hydrogen-bond acceptors (Lipinski definition) is 6. The number of pyridine rings is 1. The molecule has 1 unspecified atom stereocenters. The Labute approximate surface area is 209 Å². The third kappa shape index (κ3) is 5.05. The van der Waals surface area contributed by atoms with E-state index in [4.69, 9.17) is 14.5 Å². The number of thiazole rings is 1. The lowest BCUT2D eigenvalue weighted by atomic mass is 10.1. The molecule has 0 N–H and O–H groups in total. The Bertz CT molecular complexity index is 1310. The van der Waals surface area contributed by atoms with Crippen molar-refractivity contribution in [3.05, 3.63) is 77.8 Å². The zero-order chi connectivity index (χ0) is 24.2. The van der Waals surface area contributed by atoms with Crippen LogP contribution in [0.3, 0.4) is 0 Å². The zero-order valence-electron chi connectivity index (χ0n) is 19.8. The number of carbonyl (C=O) groups excluding carboxylic acids is 1. The number of fused-ring (bicyclic) bond motifs is 1. The number of nitrogens with zero attached hydrogens (tertiary/aromatic N) is 3. The van der Waals surface area contributed by atoms with E-state index in [-0.39, 0.29) is 5.91 Å². The number of unbranched alkanes of at least 4 members (excludes halogenated alkanes) is 1. The van der Waals surface area contributed by atoms with Crippen LogP contribution in [0.1, 0.15) is 24.6 Å². The molecule has 1 aliphatic rings. The lowest BCUT2D eigenvalue weighted by Crippen LogP contribution is -2.45. The molecule has 1 amide bonds. The summed E-state index contributed by atoms with van der Waals surface area (Å²) in [5.74, 6) is 1.56. The van der Waals surface area contributed by atoms with Crippen molar-refractivity contribution < 1.29 is 14.3 Å². The fraction of sp³-hybridized carbons (Fsp3) is 0.250. The number of amides is 1. The molecule has 0 spiro atoms. The lowest BCUT2D eigenvalue weighted by molar-refractivity contribution is -0.125. The first kappa shape index (κ1) is 23.1. The number of carbonyl (C=O) groups is 1. The minimum absolute atomic E-state index is 0.0252. The molecule has 1 aliphatic heterocycles. The molecule has 2 aromatic carbocycles. The molecule has 7 heteroatoms. The first-order chi connectivity index (χ1) is 17.1. The smallest absolute Gasteiger partial charge is 0.267 e. The first-order valence-electron chi connectivity index (χ1n) is 11.8. The summed E-state index contributed by atoms with van der Waals surface area (Å²) in [5, 5.41) is 0.882. The Balaban J connectivity index is 1.33. The van der Waals surface area contributed by atoms with Gasteiger partial charge in [0.25, 0.3) is 5.91 Å². The molecule has 0 radical (unpaired) electrons. The van der Waals surface area contributed by atoms with Crippen LogP contribution in [0, 0.1) is 6.92 Å². The Hall–Kier alpha value is -3.71. The first-order valence-corrected chi connectivity index (χ1v) is 12.6. The molecule has 1 atom stereocenters. The Morgan fingerprint density at radius 1 is 1.06 bits per heavy atom. The summed E-state index contributed by atoms with van der Waals surface area (Å²) in [5.41, 5.74) is 3.52. The molecule has 35 heavy (non-hydrogen) atoms. The van der Waals surface area contributed by atoms with Crippen molar-refractivity contribution in [2.75, 3.05) is 18.1 Å². The predicted molar refractivity (Wildman–Crippen MR) is 139 cm³/mol. The average Bonchev–Trinajstić information content (AvgIpc) is 3.28. The van der Waals surface area contributed by atoms with Gasteiger partial charge in [-0.25, -0.2) is 4.98 Å². The van der Waals surface area contributed by atoms with Crippen LogP contribution in [0.4, 0.5) is 5.69 Å². The van der Waals surface area contributed by atoms with E-state index in [2.05, 4.69) is 11.9 Å². The van der Waals surface area contributed by atoms with Gasteiger partial charge in [-0.2, -0.15) is 0 Å². The van der Waals surface area contributed by atoms with Crippen molar-refractivity contribution in [1.29, 1.82) is 0 Å². The van der Waals surface area contributed by atoms with Crippen LogP contribution in [-0.2, 0) is 4.79 Å². The van der Waals surface area contributed by atoms with E-state index in [0.29, 0.717) is 13.2 Å². The molecule has 0 fully saturated rings. The number of aryl methyl sites for hydroxylation is 1. The van der Waals surface area contributed by atoms with Crippen LogP contribution in [0.15, 0.2) is 72.9 Å². The monoisotopic (exact) mass is 485 g/mol. The number of ether oxygens (including phenoxy) is 2. The van der Waals surface area contributed by atoms with Crippen LogP contribution in [0.5, 0.6) is 11.5 Å². The second kappa shape index (κ2) is 10.3. The van der Waals surface area contributed by atoms with Gasteiger partial charge in [-0.1, -0.05) is 24.3 Å². The van der Waals surface area contributed by atoms with Crippen LogP contribution in [0.25, 0.3) is 22.0 Å². The summed E-state index contributed by atoms with van der Waals surface area (Å²) in [6.45, 7) is 5.08. The molecule has 3 heterocycles. The molecule has 0 saturated heterocycles. The summed E-state index contributed by atoms with van der Waals surface area (Å²) in [6, 6.07) is 21.6. The molecule has 4 aromatic rings. The summed E-state index contributed by atoms with van der Waals surface area (Å²) in [7, 11) is 0. The molecular weight excluding hydrogens is 458 g/mol. The van der Waals surface area contributed by atoms with Crippen LogP contribution < -0.4 is 14.4 Å². The van der Waals surface area contributed by atoms with Crippen molar-refractivity contribution in [3.63, 3.8) is 0 Å². The minimum atomic E-state index is -0.509. The number of benzene rings is 2. The number of anilines is 1. The van der Waals surface area contributed by atoms with Gasteiger partial charge in [-0.3, -0.25) is 9.78 Å². The maximum atomic E-state index is 13.0. The number of hydrogen-bond donors (Lipinski definition) is 0. The lowest BCUT2D eigenvalue weighted by Gasteiger charge is -2.33.